The fourth-order valence-corrected chi connectivity index (χ4v) is 2.26. The van der Waals surface area contributed by atoms with Crippen molar-refractivity contribution in [2.75, 3.05) is 13.1 Å². The van der Waals surface area contributed by atoms with E-state index in [-0.39, 0.29) is 12.0 Å². The summed E-state index contributed by atoms with van der Waals surface area (Å²) in [5.41, 5.74) is 1.48. The Hall–Kier alpha value is -1.36. The number of rotatable bonds is 2. The topological polar surface area (TPSA) is 58.4 Å². The maximum absolute atomic E-state index is 12.3. The summed E-state index contributed by atoms with van der Waals surface area (Å²) in [6.45, 7) is 5.70. The van der Waals surface area contributed by atoms with E-state index < -0.39 is 0 Å². The third-order valence-corrected chi connectivity index (χ3v) is 3.10. The molecule has 1 saturated heterocycles. The van der Waals surface area contributed by atoms with Gasteiger partial charge in [-0.15, -0.1) is 0 Å². The predicted molar refractivity (Wildman–Crippen MR) is 63.8 cm³/mol. The van der Waals surface area contributed by atoms with Crippen LogP contribution in [0.1, 0.15) is 35.9 Å². The van der Waals surface area contributed by atoms with Crippen LogP contribution in [0.25, 0.3) is 0 Å². The Morgan fingerprint density at radius 3 is 3.06 bits per heavy atom. The predicted octanol–water partition coefficient (Wildman–Crippen LogP) is 0.808. The Kier molecular flexibility index (Phi) is 3.47. The first-order valence-electron chi connectivity index (χ1n) is 6.13. The molecule has 1 fully saturated rings. The fourth-order valence-electron chi connectivity index (χ4n) is 2.26. The second-order valence-corrected chi connectivity index (χ2v) is 4.53. The lowest BCUT2D eigenvalue weighted by Crippen LogP contribution is -2.42. The molecule has 0 saturated carbocycles. The fraction of sp³-hybridized carbons (Fsp3) is 0.667. The van der Waals surface area contributed by atoms with Crippen LogP contribution in [0.5, 0.6) is 0 Å². The van der Waals surface area contributed by atoms with Gasteiger partial charge in [0.1, 0.15) is 5.69 Å². The number of likely N-dealkylation sites (tertiary alicyclic amines) is 1. The molecule has 1 unspecified atom stereocenters. The number of piperidine rings is 1. The normalized spacial score (nSPS) is 20.6. The van der Waals surface area contributed by atoms with Gasteiger partial charge in [-0.05, 0) is 32.8 Å². The first kappa shape index (κ1) is 12.1. The molecule has 1 aromatic rings. The highest BCUT2D eigenvalue weighted by Crippen LogP contribution is 2.14. The highest BCUT2D eigenvalue weighted by atomic mass is 16.3. The number of aliphatic hydroxyl groups excluding tert-OH is 1. The van der Waals surface area contributed by atoms with Crippen LogP contribution in [0.15, 0.2) is 6.07 Å². The molecule has 0 radical (unpaired) electrons. The van der Waals surface area contributed by atoms with Gasteiger partial charge in [0.2, 0.25) is 0 Å². The molecule has 17 heavy (non-hydrogen) atoms. The number of aryl methyl sites for hydroxylation is 2. The van der Waals surface area contributed by atoms with Gasteiger partial charge in [-0.1, -0.05) is 0 Å². The number of β-amino-alcohol motifs (C(OH)–C–C–N with tert-alkyl or cyclic N) is 1. The molecular weight excluding hydrogens is 218 g/mol. The van der Waals surface area contributed by atoms with E-state index in [9.17, 15) is 9.90 Å². The van der Waals surface area contributed by atoms with Crippen molar-refractivity contribution >= 4 is 5.91 Å². The number of amides is 1. The van der Waals surface area contributed by atoms with Gasteiger partial charge < -0.3 is 10.0 Å². The van der Waals surface area contributed by atoms with Crippen molar-refractivity contribution in [1.82, 2.24) is 14.7 Å². The highest BCUT2D eigenvalue weighted by Gasteiger charge is 2.25. The Labute approximate surface area is 101 Å². The molecule has 5 heteroatoms. The van der Waals surface area contributed by atoms with Crippen LogP contribution >= 0.6 is 0 Å². The molecule has 1 N–H and O–H groups in total. The van der Waals surface area contributed by atoms with Crippen molar-refractivity contribution in [1.29, 1.82) is 0 Å². The average Bonchev–Trinajstić information content (AvgIpc) is 2.69. The number of aliphatic hydroxyl groups is 1. The molecule has 1 aliphatic rings. The summed E-state index contributed by atoms with van der Waals surface area (Å²) in [6, 6.07) is 1.81. The largest absolute Gasteiger partial charge is 0.391 e. The van der Waals surface area contributed by atoms with Crippen LogP contribution in [0.4, 0.5) is 0 Å². The summed E-state index contributed by atoms with van der Waals surface area (Å²) in [5.74, 6) is -0.0220. The summed E-state index contributed by atoms with van der Waals surface area (Å²) in [5, 5.41) is 13.9. The van der Waals surface area contributed by atoms with Crippen LogP contribution < -0.4 is 0 Å². The molecule has 1 aliphatic heterocycles. The maximum Gasteiger partial charge on any atom is 0.272 e. The van der Waals surface area contributed by atoms with E-state index in [1.54, 1.807) is 9.58 Å². The minimum absolute atomic E-state index is 0.0220. The molecule has 2 rings (SSSR count). The van der Waals surface area contributed by atoms with Crippen molar-refractivity contribution in [2.24, 2.45) is 0 Å². The van der Waals surface area contributed by atoms with Crippen molar-refractivity contribution in [3.8, 4) is 0 Å². The van der Waals surface area contributed by atoms with Crippen molar-refractivity contribution in [3.63, 3.8) is 0 Å². The number of aromatic nitrogens is 2. The van der Waals surface area contributed by atoms with Crippen molar-refractivity contribution in [2.45, 2.75) is 39.3 Å². The lowest BCUT2D eigenvalue weighted by molar-refractivity contribution is 0.0463. The molecule has 1 amide bonds. The average molecular weight is 237 g/mol. The Balaban J connectivity index is 2.18. The zero-order valence-electron chi connectivity index (χ0n) is 10.4. The minimum atomic E-state index is -0.383. The van der Waals surface area contributed by atoms with Gasteiger partial charge in [0, 0.05) is 19.6 Å². The molecule has 0 aromatic carbocycles. The quantitative estimate of drug-likeness (QED) is 0.828. The van der Waals surface area contributed by atoms with E-state index in [0.717, 1.165) is 25.1 Å². The molecule has 1 aromatic heterocycles. The first-order valence-corrected chi connectivity index (χ1v) is 6.13. The number of nitrogens with zero attached hydrogens (tertiary/aromatic N) is 3. The van der Waals surface area contributed by atoms with E-state index in [2.05, 4.69) is 5.10 Å². The zero-order chi connectivity index (χ0) is 12.4. The second kappa shape index (κ2) is 4.87. The summed E-state index contributed by atoms with van der Waals surface area (Å²) in [4.78, 5) is 14.0. The van der Waals surface area contributed by atoms with Gasteiger partial charge in [-0.25, -0.2) is 0 Å². The Bertz CT molecular complexity index is 414. The van der Waals surface area contributed by atoms with Crippen LogP contribution in [0.2, 0.25) is 0 Å². The smallest absolute Gasteiger partial charge is 0.272 e. The van der Waals surface area contributed by atoms with Crippen LogP contribution in [0, 0.1) is 6.92 Å². The molecule has 1 atom stereocenters. The van der Waals surface area contributed by atoms with E-state index in [1.807, 2.05) is 19.9 Å². The van der Waals surface area contributed by atoms with Crippen LogP contribution in [0.3, 0.4) is 0 Å². The van der Waals surface area contributed by atoms with E-state index in [4.69, 9.17) is 0 Å². The number of carbonyl (C=O) groups is 1. The van der Waals surface area contributed by atoms with Gasteiger partial charge in [0.05, 0.1) is 11.8 Å². The van der Waals surface area contributed by atoms with Gasteiger partial charge in [-0.3, -0.25) is 9.48 Å². The zero-order valence-corrected chi connectivity index (χ0v) is 10.4. The SMILES string of the molecule is CCn1nc(C)cc1C(=O)N1CCCC(O)C1. The Morgan fingerprint density at radius 2 is 2.41 bits per heavy atom. The third-order valence-electron chi connectivity index (χ3n) is 3.10. The summed E-state index contributed by atoms with van der Waals surface area (Å²) in [7, 11) is 0. The summed E-state index contributed by atoms with van der Waals surface area (Å²) >= 11 is 0. The van der Waals surface area contributed by atoms with Crippen molar-refractivity contribution in [3.05, 3.63) is 17.5 Å². The lowest BCUT2D eigenvalue weighted by atomic mass is 10.1. The molecule has 0 aliphatic carbocycles. The molecule has 5 nitrogen and oxygen atoms in total. The second-order valence-electron chi connectivity index (χ2n) is 4.53. The highest BCUT2D eigenvalue weighted by molar-refractivity contribution is 5.92. The van der Waals surface area contributed by atoms with E-state index >= 15 is 0 Å². The standard InChI is InChI=1S/C12H19N3O2/c1-3-15-11(7-9(2)13-15)12(17)14-6-4-5-10(16)8-14/h7,10,16H,3-6,8H2,1-2H3. The third kappa shape index (κ3) is 2.49. The molecule has 94 valence electrons. The molecule has 2 heterocycles. The molecule has 0 bridgehead atoms. The van der Waals surface area contributed by atoms with Gasteiger partial charge in [0.15, 0.2) is 0 Å². The number of hydrogen-bond donors (Lipinski definition) is 1. The molecule has 0 spiro atoms. The lowest BCUT2D eigenvalue weighted by Gasteiger charge is -2.30. The molecular formula is C12H19N3O2. The van der Waals surface area contributed by atoms with Gasteiger partial charge in [-0.2, -0.15) is 5.10 Å². The monoisotopic (exact) mass is 237 g/mol. The van der Waals surface area contributed by atoms with Crippen molar-refractivity contribution < 1.29 is 9.90 Å². The van der Waals surface area contributed by atoms with Crippen LogP contribution in [-0.2, 0) is 6.54 Å². The van der Waals surface area contributed by atoms with E-state index in [1.165, 1.54) is 0 Å². The Morgan fingerprint density at radius 1 is 1.65 bits per heavy atom. The van der Waals surface area contributed by atoms with Gasteiger partial charge in [0.25, 0.3) is 5.91 Å². The van der Waals surface area contributed by atoms with E-state index in [0.29, 0.717) is 18.8 Å². The first-order chi connectivity index (χ1) is 8.11. The number of hydrogen-bond acceptors (Lipinski definition) is 3. The minimum Gasteiger partial charge on any atom is -0.391 e. The summed E-state index contributed by atoms with van der Waals surface area (Å²) in [6.07, 6.45) is 1.27. The summed E-state index contributed by atoms with van der Waals surface area (Å²) < 4.78 is 1.72. The van der Waals surface area contributed by atoms with Crippen LogP contribution in [-0.4, -0.2) is 44.9 Å². The van der Waals surface area contributed by atoms with Gasteiger partial charge >= 0.3 is 0 Å². The number of carbonyl (C=O) groups excluding carboxylic acids is 1. The maximum atomic E-state index is 12.3.